The van der Waals surface area contributed by atoms with Crippen molar-refractivity contribution in [3.63, 3.8) is 0 Å². The maximum Gasteiger partial charge on any atom is 0.311 e. The zero-order valence-electron chi connectivity index (χ0n) is 18.2. The Labute approximate surface area is 204 Å². The predicted molar refractivity (Wildman–Crippen MR) is 128 cm³/mol. The van der Waals surface area contributed by atoms with Gasteiger partial charge in [-0.05, 0) is 36.1 Å². The summed E-state index contributed by atoms with van der Waals surface area (Å²) >= 11 is 7.70. The van der Waals surface area contributed by atoms with Gasteiger partial charge in [0.15, 0.2) is 11.5 Å². The van der Waals surface area contributed by atoms with Crippen LogP contribution in [-0.2, 0) is 10.5 Å². The predicted octanol–water partition coefficient (Wildman–Crippen LogP) is 5.16. The number of ketones is 1. The Hall–Kier alpha value is -3.37. The van der Waals surface area contributed by atoms with E-state index < -0.39 is 11.0 Å². The monoisotopic (exact) mass is 497 g/mol. The molecule has 34 heavy (non-hydrogen) atoms. The maximum absolute atomic E-state index is 13.0. The van der Waals surface area contributed by atoms with Crippen LogP contribution in [0.4, 0.5) is 11.6 Å². The van der Waals surface area contributed by atoms with Crippen LogP contribution in [-0.4, -0.2) is 32.6 Å². The van der Waals surface area contributed by atoms with Crippen LogP contribution in [0.5, 0.6) is 5.75 Å². The molecule has 1 N–H and O–H groups in total. The fourth-order valence-corrected chi connectivity index (χ4v) is 5.40. The first-order chi connectivity index (χ1) is 16.5. The van der Waals surface area contributed by atoms with Gasteiger partial charge < -0.3 is 10.1 Å². The lowest BCUT2D eigenvalue weighted by Crippen LogP contribution is -2.31. The molecule has 2 aliphatic rings. The SMILES string of the molecule is COc1ccc(C2C3=C(CCCC3=O)Nc3nc(SCc4ccccc4Cl)nn32)cc1[N+](=O)[O-]. The van der Waals surface area contributed by atoms with Crippen molar-refractivity contribution in [3.05, 3.63) is 80.0 Å². The third-order valence-electron chi connectivity index (χ3n) is 5.88. The number of hydrogen-bond acceptors (Lipinski definition) is 8. The number of halogens is 1. The van der Waals surface area contributed by atoms with Gasteiger partial charge >= 0.3 is 5.69 Å². The maximum atomic E-state index is 13.0. The number of Topliss-reactive ketones (excluding diaryl/α,β-unsaturated/α-hetero) is 1. The van der Waals surface area contributed by atoms with Crippen LogP contribution in [0.1, 0.15) is 36.4 Å². The Morgan fingerprint density at radius 2 is 2.12 bits per heavy atom. The van der Waals surface area contributed by atoms with Crippen molar-refractivity contribution in [3.8, 4) is 5.75 Å². The Balaban J connectivity index is 1.56. The van der Waals surface area contributed by atoms with Crippen molar-refractivity contribution in [2.75, 3.05) is 12.4 Å². The van der Waals surface area contributed by atoms with Crippen LogP contribution in [0.25, 0.3) is 0 Å². The van der Waals surface area contributed by atoms with Gasteiger partial charge in [0.25, 0.3) is 0 Å². The number of benzene rings is 2. The highest BCUT2D eigenvalue weighted by Gasteiger charge is 2.37. The van der Waals surface area contributed by atoms with Crippen molar-refractivity contribution in [2.45, 2.75) is 36.2 Å². The molecule has 1 aliphatic heterocycles. The topological polar surface area (TPSA) is 112 Å². The average Bonchev–Trinajstić information content (AvgIpc) is 3.24. The summed E-state index contributed by atoms with van der Waals surface area (Å²) in [6.07, 6.45) is 1.86. The second-order valence-electron chi connectivity index (χ2n) is 7.93. The number of carbonyl (C=O) groups excluding carboxylic acids is 1. The average molecular weight is 498 g/mol. The van der Waals surface area contributed by atoms with E-state index in [1.54, 1.807) is 16.8 Å². The highest BCUT2D eigenvalue weighted by Crippen LogP contribution is 2.42. The summed E-state index contributed by atoms with van der Waals surface area (Å²) in [7, 11) is 1.38. The molecule has 11 heteroatoms. The van der Waals surface area contributed by atoms with Gasteiger partial charge in [0.05, 0.1) is 12.0 Å². The fraction of sp³-hybridized carbons (Fsp3) is 0.261. The summed E-state index contributed by atoms with van der Waals surface area (Å²) < 4.78 is 6.79. The minimum absolute atomic E-state index is 0.00337. The molecular formula is C23H20ClN5O4S. The zero-order valence-corrected chi connectivity index (χ0v) is 19.7. The first-order valence-electron chi connectivity index (χ1n) is 10.6. The number of allylic oxidation sites excluding steroid dienone is 2. The molecule has 2 heterocycles. The van der Waals surface area contributed by atoms with Gasteiger partial charge in [0.2, 0.25) is 11.1 Å². The number of nitro benzene ring substituents is 1. The number of anilines is 1. The number of aromatic nitrogens is 3. The molecule has 0 saturated heterocycles. The Bertz CT molecular complexity index is 1340. The molecule has 0 fully saturated rings. The number of fused-ring (bicyclic) bond motifs is 1. The molecule has 1 unspecified atom stereocenters. The van der Waals surface area contributed by atoms with Crippen LogP contribution in [0.2, 0.25) is 5.02 Å². The van der Waals surface area contributed by atoms with Gasteiger partial charge in [0.1, 0.15) is 6.04 Å². The summed E-state index contributed by atoms with van der Waals surface area (Å²) in [5, 5.41) is 20.8. The van der Waals surface area contributed by atoms with E-state index in [2.05, 4.69) is 15.4 Å². The molecule has 0 amide bonds. The molecule has 1 atom stereocenters. The molecule has 0 bridgehead atoms. The number of carbonyl (C=O) groups is 1. The molecule has 1 aromatic heterocycles. The number of thioether (sulfide) groups is 1. The van der Waals surface area contributed by atoms with Crippen LogP contribution < -0.4 is 10.1 Å². The van der Waals surface area contributed by atoms with E-state index in [1.165, 1.54) is 24.9 Å². The van der Waals surface area contributed by atoms with Crippen molar-refractivity contribution in [1.29, 1.82) is 0 Å². The van der Waals surface area contributed by atoms with Crippen LogP contribution in [0.15, 0.2) is 58.9 Å². The highest BCUT2D eigenvalue weighted by atomic mass is 35.5. The lowest BCUT2D eigenvalue weighted by molar-refractivity contribution is -0.385. The lowest BCUT2D eigenvalue weighted by atomic mass is 9.85. The molecule has 3 aromatic rings. The summed E-state index contributed by atoms with van der Waals surface area (Å²) in [5.74, 6) is 1.23. The van der Waals surface area contributed by atoms with Crippen LogP contribution in [0.3, 0.4) is 0 Å². The smallest absolute Gasteiger partial charge is 0.311 e. The van der Waals surface area contributed by atoms with Gasteiger partial charge in [-0.3, -0.25) is 14.9 Å². The number of nitrogens with one attached hydrogen (secondary N) is 1. The number of rotatable bonds is 6. The van der Waals surface area contributed by atoms with Gasteiger partial charge in [-0.1, -0.05) is 47.6 Å². The Morgan fingerprint density at radius 3 is 2.88 bits per heavy atom. The quantitative estimate of drug-likeness (QED) is 0.282. The normalized spacial score (nSPS) is 17.1. The third kappa shape index (κ3) is 4.03. The van der Waals surface area contributed by atoms with Gasteiger partial charge in [-0.15, -0.1) is 5.10 Å². The number of ether oxygens (including phenoxy) is 1. The second-order valence-corrected chi connectivity index (χ2v) is 9.28. The summed E-state index contributed by atoms with van der Waals surface area (Å²) in [5.41, 5.74) is 2.74. The van der Waals surface area contributed by atoms with Gasteiger partial charge in [-0.2, -0.15) is 4.98 Å². The molecule has 2 aromatic carbocycles. The standard InChI is InChI=1S/C23H20ClN5O4S/c1-33-19-10-9-13(11-17(19)29(31)32)21-20-16(7-4-8-18(20)30)25-22-26-23(27-28(21)22)34-12-14-5-2-3-6-15(14)24/h2-3,5-6,9-11,21H,4,7-8,12H2,1H3,(H,25,26,27). The summed E-state index contributed by atoms with van der Waals surface area (Å²) in [6.45, 7) is 0. The minimum Gasteiger partial charge on any atom is -0.490 e. The third-order valence-corrected chi connectivity index (χ3v) is 7.13. The number of nitro groups is 1. The van der Waals surface area contributed by atoms with Crippen molar-refractivity contribution < 1.29 is 14.5 Å². The highest BCUT2D eigenvalue weighted by molar-refractivity contribution is 7.98. The number of nitrogens with zero attached hydrogens (tertiary/aromatic N) is 4. The van der Waals surface area contributed by atoms with Crippen molar-refractivity contribution >= 4 is 40.8 Å². The van der Waals surface area contributed by atoms with E-state index in [0.717, 1.165) is 17.7 Å². The molecule has 9 nitrogen and oxygen atoms in total. The molecular weight excluding hydrogens is 478 g/mol. The number of methoxy groups -OCH3 is 1. The zero-order chi connectivity index (χ0) is 23.8. The van der Waals surface area contributed by atoms with E-state index in [1.807, 2.05) is 24.3 Å². The second kappa shape index (κ2) is 9.11. The van der Waals surface area contributed by atoms with Crippen molar-refractivity contribution in [2.24, 2.45) is 0 Å². The number of hydrogen-bond donors (Lipinski definition) is 1. The molecule has 0 radical (unpaired) electrons. The largest absolute Gasteiger partial charge is 0.490 e. The van der Waals surface area contributed by atoms with Gasteiger partial charge in [0, 0.05) is 34.5 Å². The fourth-order valence-electron chi connectivity index (χ4n) is 4.28. The van der Waals surface area contributed by atoms with E-state index in [9.17, 15) is 14.9 Å². The van der Waals surface area contributed by atoms with E-state index in [0.29, 0.717) is 45.9 Å². The van der Waals surface area contributed by atoms with Gasteiger partial charge in [-0.25, -0.2) is 4.68 Å². The molecule has 5 rings (SSSR count). The first-order valence-corrected chi connectivity index (χ1v) is 12.0. The molecule has 0 spiro atoms. The van der Waals surface area contributed by atoms with E-state index in [4.69, 9.17) is 16.3 Å². The summed E-state index contributed by atoms with van der Waals surface area (Å²) in [6, 6.07) is 11.7. The first kappa shape index (κ1) is 22.4. The minimum atomic E-state index is -0.620. The van der Waals surface area contributed by atoms with E-state index >= 15 is 0 Å². The van der Waals surface area contributed by atoms with E-state index in [-0.39, 0.29) is 17.2 Å². The molecule has 0 saturated carbocycles. The van der Waals surface area contributed by atoms with Crippen LogP contribution in [0, 0.1) is 10.1 Å². The Morgan fingerprint density at radius 1 is 1.29 bits per heavy atom. The van der Waals surface area contributed by atoms with Crippen molar-refractivity contribution in [1.82, 2.24) is 14.8 Å². The molecule has 1 aliphatic carbocycles. The lowest BCUT2D eigenvalue weighted by Gasteiger charge is -2.32. The molecule has 174 valence electrons. The summed E-state index contributed by atoms with van der Waals surface area (Å²) in [4.78, 5) is 28.8. The van der Waals surface area contributed by atoms with Crippen LogP contribution >= 0.6 is 23.4 Å². The Kier molecular flexibility index (Phi) is 6.01.